The molecule has 2 fully saturated rings. The highest BCUT2D eigenvalue weighted by molar-refractivity contribution is 4.79. The van der Waals surface area contributed by atoms with Crippen molar-refractivity contribution in [3.05, 3.63) is 0 Å². The van der Waals surface area contributed by atoms with E-state index in [2.05, 4.69) is 11.9 Å². The highest BCUT2D eigenvalue weighted by atomic mass is 16.5. The fourth-order valence-electron chi connectivity index (χ4n) is 3.51. The molecule has 1 aliphatic heterocycles. The summed E-state index contributed by atoms with van der Waals surface area (Å²) < 4.78 is 5.56. The van der Waals surface area contributed by atoms with Crippen molar-refractivity contribution >= 4 is 0 Å². The Hall–Kier alpha value is -0.120. The van der Waals surface area contributed by atoms with Gasteiger partial charge in [0.1, 0.15) is 0 Å². The van der Waals surface area contributed by atoms with Crippen LogP contribution >= 0.6 is 0 Å². The van der Waals surface area contributed by atoms with E-state index in [0.29, 0.717) is 12.0 Å². The van der Waals surface area contributed by atoms with E-state index >= 15 is 0 Å². The first-order chi connectivity index (χ1) is 8.75. The van der Waals surface area contributed by atoms with Crippen LogP contribution in [0.4, 0.5) is 0 Å². The molecule has 0 aromatic heterocycles. The number of nitrogens with zero attached hydrogens (tertiary/aromatic N) is 1. The van der Waals surface area contributed by atoms with Gasteiger partial charge in [0, 0.05) is 25.7 Å². The summed E-state index contributed by atoms with van der Waals surface area (Å²) in [6, 6.07) is 0.428. The van der Waals surface area contributed by atoms with Crippen molar-refractivity contribution in [3.8, 4) is 0 Å². The highest BCUT2D eigenvalue weighted by Crippen LogP contribution is 2.23. The fourth-order valence-corrected chi connectivity index (χ4v) is 3.51. The molecule has 1 saturated heterocycles. The van der Waals surface area contributed by atoms with Crippen LogP contribution in [-0.2, 0) is 4.74 Å². The molecule has 2 aliphatic rings. The van der Waals surface area contributed by atoms with Gasteiger partial charge in [-0.25, -0.2) is 0 Å². The Morgan fingerprint density at radius 1 is 1.06 bits per heavy atom. The summed E-state index contributed by atoms with van der Waals surface area (Å²) in [4.78, 5) is 2.50. The zero-order chi connectivity index (χ0) is 12.8. The number of rotatable bonds is 4. The van der Waals surface area contributed by atoms with Crippen LogP contribution in [0, 0.1) is 11.8 Å². The SMILES string of the molecule is CN(CC1CCCOC1)CC1CCCCCC1N. The maximum Gasteiger partial charge on any atom is 0.0506 e. The number of ether oxygens (including phenoxy) is 1. The van der Waals surface area contributed by atoms with Crippen LogP contribution in [0.25, 0.3) is 0 Å². The van der Waals surface area contributed by atoms with Crippen molar-refractivity contribution in [1.29, 1.82) is 0 Å². The standard InChI is InChI=1S/C15H30N2O/c1-17(10-13-6-5-9-18-12-13)11-14-7-3-2-4-8-15(14)16/h13-15H,2-12,16H2,1H3. The van der Waals surface area contributed by atoms with Crippen LogP contribution < -0.4 is 5.73 Å². The topological polar surface area (TPSA) is 38.5 Å². The molecule has 0 radical (unpaired) electrons. The minimum absolute atomic E-state index is 0.428. The van der Waals surface area contributed by atoms with E-state index in [1.165, 1.54) is 58.0 Å². The third kappa shape index (κ3) is 4.52. The Morgan fingerprint density at radius 3 is 2.67 bits per heavy atom. The summed E-state index contributed by atoms with van der Waals surface area (Å²) in [7, 11) is 2.26. The molecule has 106 valence electrons. The molecular formula is C15H30N2O. The number of hydrogen-bond donors (Lipinski definition) is 1. The van der Waals surface area contributed by atoms with Gasteiger partial charge in [-0.3, -0.25) is 0 Å². The lowest BCUT2D eigenvalue weighted by molar-refractivity contribution is 0.0395. The molecule has 0 amide bonds. The van der Waals surface area contributed by atoms with Crippen molar-refractivity contribution in [2.45, 2.75) is 51.0 Å². The molecule has 1 heterocycles. The van der Waals surface area contributed by atoms with Crippen molar-refractivity contribution in [2.24, 2.45) is 17.6 Å². The van der Waals surface area contributed by atoms with Gasteiger partial charge in [0.25, 0.3) is 0 Å². The predicted octanol–water partition coefficient (Wildman–Crippen LogP) is 2.25. The largest absolute Gasteiger partial charge is 0.381 e. The van der Waals surface area contributed by atoms with E-state index in [1.807, 2.05) is 0 Å². The molecule has 0 aromatic rings. The third-order valence-electron chi connectivity index (χ3n) is 4.59. The second kappa shape index (κ2) is 7.46. The van der Waals surface area contributed by atoms with Gasteiger partial charge in [-0.2, -0.15) is 0 Å². The van der Waals surface area contributed by atoms with Crippen molar-refractivity contribution in [2.75, 3.05) is 33.4 Å². The van der Waals surface area contributed by atoms with Crippen LogP contribution in [0.15, 0.2) is 0 Å². The Bertz CT molecular complexity index is 229. The maximum atomic E-state index is 6.31. The quantitative estimate of drug-likeness (QED) is 0.782. The Labute approximate surface area is 112 Å². The normalized spacial score (nSPS) is 34.5. The van der Waals surface area contributed by atoms with Gasteiger partial charge in [-0.05, 0) is 44.6 Å². The molecule has 3 atom stereocenters. The average Bonchev–Trinajstić information content (AvgIpc) is 2.56. The van der Waals surface area contributed by atoms with E-state index in [0.717, 1.165) is 19.1 Å². The molecule has 1 aliphatic carbocycles. The predicted molar refractivity (Wildman–Crippen MR) is 75.6 cm³/mol. The Kier molecular flexibility index (Phi) is 5.93. The molecule has 2 rings (SSSR count). The molecule has 0 bridgehead atoms. The maximum absolute atomic E-state index is 6.31. The van der Waals surface area contributed by atoms with Crippen molar-refractivity contribution in [3.63, 3.8) is 0 Å². The fraction of sp³-hybridized carbons (Fsp3) is 1.00. The van der Waals surface area contributed by atoms with Crippen LogP contribution in [-0.4, -0.2) is 44.3 Å². The van der Waals surface area contributed by atoms with Gasteiger partial charge in [-0.15, -0.1) is 0 Å². The first-order valence-electron chi connectivity index (χ1n) is 7.77. The van der Waals surface area contributed by atoms with E-state index in [9.17, 15) is 0 Å². The first-order valence-corrected chi connectivity index (χ1v) is 7.77. The monoisotopic (exact) mass is 254 g/mol. The van der Waals surface area contributed by atoms with Crippen LogP contribution in [0.1, 0.15) is 44.9 Å². The minimum Gasteiger partial charge on any atom is -0.381 e. The number of hydrogen-bond acceptors (Lipinski definition) is 3. The molecule has 3 unspecified atom stereocenters. The van der Waals surface area contributed by atoms with E-state index in [1.54, 1.807) is 0 Å². The lowest BCUT2D eigenvalue weighted by Gasteiger charge is -2.31. The van der Waals surface area contributed by atoms with Gasteiger partial charge in [0.2, 0.25) is 0 Å². The summed E-state index contributed by atoms with van der Waals surface area (Å²) in [5, 5.41) is 0. The van der Waals surface area contributed by atoms with Crippen LogP contribution in [0.2, 0.25) is 0 Å². The molecule has 0 aromatic carbocycles. The summed E-state index contributed by atoms with van der Waals surface area (Å²) in [5.41, 5.74) is 6.31. The summed E-state index contributed by atoms with van der Waals surface area (Å²) in [6.45, 7) is 4.29. The van der Waals surface area contributed by atoms with E-state index in [-0.39, 0.29) is 0 Å². The van der Waals surface area contributed by atoms with E-state index < -0.39 is 0 Å². The average molecular weight is 254 g/mol. The zero-order valence-electron chi connectivity index (χ0n) is 11.9. The summed E-state index contributed by atoms with van der Waals surface area (Å²) >= 11 is 0. The van der Waals surface area contributed by atoms with Crippen LogP contribution in [0.5, 0.6) is 0 Å². The Balaban J connectivity index is 1.72. The van der Waals surface area contributed by atoms with Gasteiger partial charge in [0.05, 0.1) is 6.61 Å². The summed E-state index contributed by atoms with van der Waals surface area (Å²) in [5.74, 6) is 1.45. The molecular weight excluding hydrogens is 224 g/mol. The van der Waals surface area contributed by atoms with E-state index in [4.69, 9.17) is 10.5 Å². The van der Waals surface area contributed by atoms with Gasteiger partial charge >= 0.3 is 0 Å². The zero-order valence-corrected chi connectivity index (χ0v) is 11.9. The van der Waals surface area contributed by atoms with Crippen molar-refractivity contribution < 1.29 is 4.74 Å². The Morgan fingerprint density at radius 2 is 1.89 bits per heavy atom. The van der Waals surface area contributed by atoms with Gasteiger partial charge < -0.3 is 15.4 Å². The molecule has 2 N–H and O–H groups in total. The highest BCUT2D eigenvalue weighted by Gasteiger charge is 2.23. The smallest absolute Gasteiger partial charge is 0.0506 e. The van der Waals surface area contributed by atoms with Gasteiger partial charge in [-0.1, -0.05) is 19.3 Å². The molecule has 0 spiro atoms. The lowest BCUT2D eigenvalue weighted by Crippen LogP contribution is -2.40. The third-order valence-corrected chi connectivity index (χ3v) is 4.59. The molecule has 18 heavy (non-hydrogen) atoms. The first kappa shape index (κ1) is 14.3. The molecule has 3 nitrogen and oxygen atoms in total. The molecule has 3 heteroatoms. The summed E-state index contributed by atoms with van der Waals surface area (Å²) in [6.07, 6.45) is 9.21. The van der Waals surface area contributed by atoms with Crippen molar-refractivity contribution in [1.82, 2.24) is 4.90 Å². The second-order valence-electron chi connectivity index (χ2n) is 6.37. The van der Waals surface area contributed by atoms with Gasteiger partial charge in [0.15, 0.2) is 0 Å². The van der Waals surface area contributed by atoms with Crippen LogP contribution in [0.3, 0.4) is 0 Å². The number of nitrogens with two attached hydrogens (primary N) is 1. The minimum atomic E-state index is 0.428. The second-order valence-corrected chi connectivity index (χ2v) is 6.37. The lowest BCUT2D eigenvalue weighted by atomic mass is 9.94. The molecule has 1 saturated carbocycles.